The van der Waals surface area contributed by atoms with Gasteiger partial charge in [0.15, 0.2) is 21.3 Å². The summed E-state index contributed by atoms with van der Waals surface area (Å²) in [5, 5.41) is 8.25. The van der Waals surface area contributed by atoms with E-state index in [1.54, 1.807) is 0 Å². The molecule has 0 bridgehead atoms. The second kappa shape index (κ2) is 10.2. The number of nitrogens with zero attached hydrogens (tertiary/aromatic N) is 3. The smallest absolute Gasteiger partial charge is 0.429 e. The lowest BCUT2D eigenvalue weighted by atomic mass is 9.66. The molecule has 1 fully saturated rings. The zero-order valence-electron chi connectivity index (χ0n) is 20.9. The summed E-state index contributed by atoms with van der Waals surface area (Å²) in [6.45, 7) is 0.796. The van der Waals surface area contributed by atoms with Crippen LogP contribution >= 0.6 is 0 Å². The van der Waals surface area contributed by atoms with Crippen molar-refractivity contribution < 1.29 is 53.1 Å². The maximum Gasteiger partial charge on any atom is 0.435 e. The van der Waals surface area contributed by atoms with E-state index in [1.807, 2.05) is 0 Å². The third-order valence-corrected chi connectivity index (χ3v) is 7.64. The number of anilines is 1. The fourth-order valence-corrected chi connectivity index (χ4v) is 4.89. The molecule has 1 N–H and O–H groups in total. The highest BCUT2D eigenvalue weighted by molar-refractivity contribution is 7.90. The van der Waals surface area contributed by atoms with Crippen molar-refractivity contribution in [2.75, 3.05) is 11.6 Å². The number of sulfone groups is 1. The van der Waals surface area contributed by atoms with Gasteiger partial charge in [-0.05, 0) is 43.5 Å². The van der Waals surface area contributed by atoms with Crippen LogP contribution in [-0.2, 0) is 21.4 Å². The topological polar surface area (TPSA) is 111 Å². The first kappa shape index (κ1) is 30.1. The van der Waals surface area contributed by atoms with Crippen LogP contribution in [0.4, 0.5) is 40.8 Å². The van der Waals surface area contributed by atoms with Gasteiger partial charge in [-0.1, -0.05) is 12.5 Å². The quantitative estimate of drug-likeness (QED) is 0.273. The molecule has 0 unspecified atom stereocenters. The fourth-order valence-electron chi connectivity index (χ4n) is 4.23. The van der Waals surface area contributed by atoms with Crippen molar-refractivity contribution in [2.45, 2.75) is 48.8 Å². The van der Waals surface area contributed by atoms with Gasteiger partial charge in [0, 0.05) is 18.0 Å². The normalized spacial score (nSPS) is 15.3. The molecule has 0 atom stereocenters. The zero-order chi connectivity index (χ0) is 30.5. The molecule has 0 spiro atoms. The lowest BCUT2D eigenvalue weighted by Crippen LogP contribution is -2.48. The SMILES string of the molecule is Cc1c(C(F)(F)F)nnc(Oc2c(F)cc(C3(C(F)(F)F)CCC3)nc2F)c1C(=O)Nc1cccc(S(C)(=O)=O)c1. The molecule has 2 heterocycles. The molecule has 3 aromatic rings. The van der Waals surface area contributed by atoms with Crippen molar-refractivity contribution in [1.29, 1.82) is 0 Å². The number of carbonyl (C=O) groups excluding carboxylic acids is 1. The highest BCUT2D eigenvalue weighted by atomic mass is 32.2. The molecule has 0 aliphatic heterocycles. The van der Waals surface area contributed by atoms with Crippen LogP contribution < -0.4 is 10.1 Å². The molecule has 1 aliphatic carbocycles. The van der Waals surface area contributed by atoms with Crippen molar-refractivity contribution in [3.63, 3.8) is 0 Å². The number of alkyl halides is 6. The minimum atomic E-state index is -5.13. The Morgan fingerprint density at radius 1 is 1.05 bits per heavy atom. The van der Waals surface area contributed by atoms with Gasteiger partial charge in [-0.15, -0.1) is 10.2 Å². The first-order chi connectivity index (χ1) is 18.8. The average molecular weight is 610 g/mol. The van der Waals surface area contributed by atoms with E-state index < -0.39 is 92.3 Å². The zero-order valence-corrected chi connectivity index (χ0v) is 21.7. The Hall–Kier alpha value is -3.89. The third-order valence-electron chi connectivity index (χ3n) is 6.53. The Balaban J connectivity index is 1.78. The molecule has 1 amide bonds. The molecule has 4 rings (SSSR count). The van der Waals surface area contributed by atoms with Gasteiger partial charge in [-0.3, -0.25) is 4.79 Å². The van der Waals surface area contributed by atoms with Crippen LogP contribution in [0.25, 0.3) is 0 Å². The number of aromatic nitrogens is 3. The summed E-state index contributed by atoms with van der Waals surface area (Å²) >= 11 is 0. The molecule has 41 heavy (non-hydrogen) atoms. The number of nitrogens with one attached hydrogen (secondary N) is 1. The molecular weight excluding hydrogens is 592 g/mol. The van der Waals surface area contributed by atoms with Crippen molar-refractivity contribution in [3.8, 4) is 11.6 Å². The molecule has 17 heteroatoms. The second-order valence-electron chi connectivity index (χ2n) is 9.25. The van der Waals surface area contributed by atoms with E-state index in [-0.39, 0.29) is 17.0 Å². The third kappa shape index (κ3) is 5.67. The number of benzene rings is 1. The van der Waals surface area contributed by atoms with Crippen molar-refractivity contribution in [1.82, 2.24) is 15.2 Å². The molecule has 1 saturated carbocycles. The maximum absolute atomic E-state index is 14.9. The van der Waals surface area contributed by atoms with Gasteiger partial charge in [0.1, 0.15) is 11.0 Å². The number of hydrogen-bond acceptors (Lipinski definition) is 7. The molecule has 1 aromatic carbocycles. The molecule has 1 aliphatic rings. The summed E-state index contributed by atoms with van der Waals surface area (Å²) in [6.07, 6.45) is -9.91. The van der Waals surface area contributed by atoms with Crippen LogP contribution in [0.5, 0.6) is 11.6 Å². The van der Waals surface area contributed by atoms with Gasteiger partial charge in [0.05, 0.1) is 10.6 Å². The van der Waals surface area contributed by atoms with Crippen LogP contribution in [0.1, 0.15) is 46.6 Å². The van der Waals surface area contributed by atoms with Crippen molar-refractivity contribution in [3.05, 3.63) is 64.6 Å². The van der Waals surface area contributed by atoms with Crippen molar-refractivity contribution >= 4 is 21.4 Å². The first-order valence-corrected chi connectivity index (χ1v) is 13.4. The van der Waals surface area contributed by atoms with Gasteiger partial charge < -0.3 is 10.1 Å². The van der Waals surface area contributed by atoms with Gasteiger partial charge in [-0.25, -0.2) is 17.8 Å². The predicted molar refractivity (Wildman–Crippen MR) is 125 cm³/mol. The number of carbonyl (C=O) groups is 1. The second-order valence-corrected chi connectivity index (χ2v) is 11.3. The molecule has 220 valence electrons. The molecule has 0 radical (unpaired) electrons. The van der Waals surface area contributed by atoms with Crippen LogP contribution in [0, 0.1) is 18.7 Å². The molecule has 8 nitrogen and oxygen atoms in total. The standard InChI is InChI=1S/C24H18F8N4O4S/c1-11-16(20(37)33-12-5-3-6-13(9-12)41(2,38)39)21(36-35-18(11)23(27,28)29)40-17-14(25)10-15(34-19(17)26)22(7-4-8-22)24(30,31)32/h3,5-6,9-10H,4,7-8H2,1-2H3,(H,33,37). The fraction of sp³-hybridized carbons (Fsp3) is 0.333. The van der Waals surface area contributed by atoms with E-state index in [4.69, 9.17) is 4.74 Å². The Morgan fingerprint density at radius 2 is 1.71 bits per heavy atom. The molecular formula is C24H18F8N4O4S. The van der Waals surface area contributed by atoms with Crippen molar-refractivity contribution in [2.24, 2.45) is 0 Å². The number of hydrogen-bond donors (Lipinski definition) is 1. The van der Waals surface area contributed by atoms with Gasteiger partial charge >= 0.3 is 12.4 Å². The van der Waals surface area contributed by atoms with Crippen LogP contribution in [-0.4, -0.2) is 41.9 Å². The summed E-state index contributed by atoms with van der Waals surface area (Å²) in [4.78, 5) is 16.1. The number of pyridine rings is 1. The lowest BCUT2D eigenvalue weighted by Gasteiger charge is -2.42. The average Bonchev–Trinajstić information content (AvgIpc) is 2.78. The van der Waals surface area contributed by atoms with Gasteiger partial charge in [0.25, 0.3) is 17.7 Å². The number of halogens is 8. The Labute approximate surface area is 226 Å². The summed E-state index contributed by atoms with van der Waals surface area (Å²) in [6, 6.07) is 4.93. The number of ether oxygens (including phenoxy) is 1. The maximum atomic E-state index is 14.9. The Bertz CT molecular complexity index is 1610. The highest BCUT2D eigenvalue weighted by Gasteiger charge is 2.60. The lowest BCUT2D eigenvalue weighted by molar-refractivity contribution is -0.214. The van der Waals surface area contributed by atoms with Gasteiger partial charge in [-0.2, -0.15) is 30.7 Å². The first-order valence-electron chi connectivity index (χ1n) is 11.5. The summed E-state index contributed by atoms with van der Waals surface area (Å²) in [7, 11) is -3.75. The van der Waals surface area contributed by atoms with E-state index in [2.05, 4.69) is 20.5 Å². The van der Waals surface area contributed by atoms with Gasteiger partial charge in [0.2, 0.25) is 5.75 Å². The van der Waals surface area contributed by atoms with E-state index in [9.17, 15) is 48.3 Å². The Kier molecular flexibility index (Phi) is 7.47. The largest absolute Gasteiger partial charge is 0.435 e. The summed E-state index contributed by atoms with van der Waals surface area (Å²) in [5.41, 5.74) is -7.23. The molecule has 2 aromatic heterocycles. The summed E-state index contributed by atoms with van der Waals surface area (Å²) < 4.78 is 140. The Morgan fingerprint density at radius 3 is 2.22 bits per heavy atom. The van der Waals surface area contributed by atoms with E-state index in [0.29, 0.717) is 6.07 Å². The number of amides is 1. The van der Waals surface area contributed by atoms with E-state index >= 15 is 0 Å². The van der Waals surface area contributed by atoms with Crippen LogP contribution in [0.3, 0.4) is 0 Å². The minimum Gasteiger partial charge on any atom is -0.429 e. The predicted octanol–water partition coefficient (Wildman–Crippen LogP) is 5.91. The van der Waals surface area contributed by atoms with E-state index in [0.717, 1.165) is 19.2 Å². The monoisotopic (exact) mass is 610 g/mol. The summed E-state index contributed by atoms with van der Waals surface area (Å²) in [5.74, 6) is -7.49. The highest BCUT2D eigenvalue weighted by Crippen LogP contribution is 2.54. The minimum absolute atomic E-state index is 0.134. The van der Waals surface area contributed by atoms with E-state index in [1.165, 1.54) is 18.2 Å². The number of rotatable bonds is 6. The van der Waals surface area contributed by atoms with Crippen LogP contribution in [0.15, 0.2) is 35.2 Å². The molecule has 0 saturated heterocycles. The van der Waals surface area contributed by atoms with Crippen LogP contribution in [0.2, 0.25) is 0 Å².